The Morgan fingerprint density at radius 1 is 1.00 bits per heavy atom. The lowest BCUT2D eigenvalue weighted by atomic mass is 10.0. The average Bonchev–Trinajstić information content (AvgIpc) is 3.36. The smallest absolute Gasteiger partial charge is 0.133 e. The molecule has 142 valence electrons. The van der Waals surface area contributed by atoms with Gasteiger partial charge in [0.2, 0.25) is 0 Å². The number of thioether (sulfide) groups is 1. The predicted molar refractivity (Wildman–Crippen MR) is 126 cm³/mol. The maximum Gasteiger partial charge on any atom is 0.133 e. The van der Waals surface area contributed by atoms with Crippen LogP contribution in [0.1, 0.15) is 4.88 Å². The Morgan fingerprint density at radius 2 is 1.64 bits per heavy atom. The van der Waals surface area contributed by atoms with Gasteiger partial charge in [-0.05, 0) is 23.4 Å². The first-order chi connectivity index (χ1) is 13.2. The summed E-state index contributed by atoms with van der Waals surface area (Å²) in [6.45, 7) is 0. The van der Waals surface area contributed by atoms with Gasteiger partial charge in [-0.3, -0.25) is 5.41 Å². The molecule has 0 radical (unpaired) electrons. The minimum Gasteiger partial charge on any atom is -0.383 e. The van der Waals surface area contributed by atoms with Crippen molar-refractivity contribution in [3.63, 3.8) is 0 Å². The third kappa shape index (κ3) is 4.15. The van der Waals surface area contributed by atoms with Gasteiger partial charge in [0.05, 0.1) is 14.8 Å². The van der Waals surface area contributed by atoms with Gasteiger partial charge >= 0.3 is 0 Å². The van der Waals surface area contributed by atoms with E-state index in [1.54, 1.807) is 34.4 Å². The van der Waals surface area contributed by atoms with Crippen LogP contribution in [0.4, 0.5) is 0 Å². The van der Waals surface area contributed by atoms with Crippen molar-refractivity contribution >= 4 is 52.7 Å². The number of nitrogens with zero attached hydrogens (tertiary/aromatic N) is 1. The Bertz CT molecular complexity index is 1090. The lowest BCUT2D eigenvalue weighted by molar-refractivity contribution is 1.39. The van der Waals surface area contributed by atoms with E-state index in [1.807, 2.05) is 18.4 Å². The predicted octanol–water partition coefficient (Wildman–Crippen LogP) is 6.63. The second kappa shape index (κ2) is 8.92. The molecule has 0 spiro atoms. The number of thiazole rings is 1. The fourth-order valence-corrected chi connectivity index (χ4v) is 5.51. The Kier molecular flexibility index (Phi) is 6.57. The maximum absolute atomic E-state index is 7.68. The highest BCUT2D eigenvalue weighted by Gasteiger charge is 2.15. The number of thiophene rings is 1. The molecule has 0 atom stereocenters. The van der Waals surface area contributed by atoms with Gasteiger partial charge in [0.25, 0.3) is 0 Å². The van der Waals surface area contributed by atoms with Crippen LogP contribution in [0.15, 0.2) is 70.3 Å². The van der Waals surface area contributed by atoms with E-state index in [2.05, 4.69) is 53.9 Å². The number of hydrogen-bond donors (Lipinski definition) is 2. The SMILES string of the molecule is CSc1sc(C(=N)N)cc1-c1nc(-c2ccc(-c3ccccc3)cc2)cs1.Cl. The van der Waals surface area contributed by atoms with Crippen molar-refractivity contribution in [2.24, 2.45) is 5.73 Å². The fourth-order valence-electron chi connectivity index (χ4n) is 2.80. The van der Waals surface area contributed by atoms with E-state index in [9.17, 15) is 0 Å². The molecule has 2 aromatic heterocycles. The number of nitrogens with one attached hydrogen (secondary N) is 1. The van der Waals surface area contributed by atoms with Gasteiger partial charge in [-0.25, -0.2) is 4.98 Å². The Morgan fingerprint density at radius 3 is 2.29 bits per heavy atom. The molecule has 3 N–H and O–H groups in total. The van der Waals surface area contributed by atoms with Crippen molar-refractivity contribution < 1.29 is 0 Å². The Balaban J connectivity index is 0.00000225. The van der Waals surface area contributed by atoms with Gasteiger partial charge < -0.3 is 5.73 Å². The normalized spacial score (nSPS) is 10.5. The van der Waals surface area contributed by atoms with Crippen LogP contribution in [0.3, 0.4) is 0 Å². The first-order valence-electron chi connectivity index (χ1n) is 8.29. The molecule has 2 heterocycles. The van der Waals surface area contributed by atoms with E-state index in [-0.39, 0.29) is 18.2 Å². The molecule has 4 rings (SSSR count). The molecule has 0 unspecified atom stereocenters. The molecule has 4 aromatic rings. The summed E-state index contributed by atoms with van der Waals surface area (Å²) in [5.74, 6) is 0.106. The van der Waals surface area contributed by atoms with Crippen molar-refractivity contribution in [1.29, 1.82) is 5.41 Å². The summed E-state index contributed by atoms with van der Waals surface area (Å²) in [5, 5.41) is 10.7. The molecule has 3 nitrogen and oxygen atoms in total. The van der Waals surface area contributed by atoms with Crippen LogP contribution in [-0.2, 0) is 0 Å². The van der Waals surface area contributed by atoms with E-state index in [1.165, 1.54) is 11.1 Å². The zero-order chi connectivity index (χ0) is 18.8. The molecule has 0 saturated heterocycles. The van der Waals surface area contributed by atoms with Crippen molar-refractivity contribution in [2.75, 3.05) is 6.26 Å². The molecule has 0 aliphatic rings. The van der Waals surface area contributed by atoms with Crippen molar-refractivity contribution in [1.82, 2.24) is 4.98 Å². The molecule has 7 heteroatoms. The third-order valence-electron chi connectivity index (χ3n) is 4.17. The standard InChI is InChI=1S/C21H17N3S3.ClH/c1-25-21-16(11-18(27-21)19(22)23)20-24-17(12-26-20)15-9-7-14(8-10-15)13-5-3-2-4-6-13;/h2-12H,1H3,(H3,22,23);1H. The molecule has 0 bridgehead atoms. The van der Waals surface area contributed by atoms with Crippen LogP contribution >= 0.6 is 46.8 Å². The number of halogens is 1. The lowest BCUT2D eigenvalue weighted by Gasteiger charge is -2.03. The molecule has 0 fully saturated rings. The minimum atomic E-state index is 0. The number of nitrogen functional groups attached to an aromatic ring is 1. The summed E-state index contributed by atoms with van der Waals surface area (Å²) in [4.78, 5) is 5.63. The van der Waals surface area contributed by atoms with Crippen LogP contribution in [0.5, 0.6) is 0 Å². The summed E-state index contributed by atoms with van der Waals surface area (Å²) in [5.41, 5.74) is 11.2. The molecule has 0 aliphatic heterocycles. The highest BCUT2D eigenvalue weighted by molar-refractivity contribution is 8.00. The summed E-state index contributed by atoms with van der Waals surface area (Å²) in [6.07, 6.45) is 2.04. The number of aromatic nitrogens is 1. The number of hydrogen-bond acceptors (Lipinski definition) is 5. The van der Waals surface area contributed by atoms with Gasteiger partial charge in [0, 0.05) is 16.5 Å². The molecule has 2 aromatic carbocycles. The second-order valence-electron chi connectivity index (χ2n) is 5.91. The van der Waals surface area contributed by atoms with E-state index in [0.29, 0.717) is 0 Å². The van der Waals surface area contributed by atoms with Crippen LogP contribution < -0.4 is 5.73 Å². The van der Waals surface area contributed by atoms with E-state index in [0.717, 1.165) is 30.9 Å². The number of benzene rings is 2. The van der Waals surface area contributed by atoms with Crippen molar-refractivity contribution in [2.45, 2.75) is 4.21 Å². The van der Waals surface area contributed by atoms with E-state index in [4.69, 9.17) is 16.1 Å². The highest BCUT2D eigenvalue weighted by atomic mass is 35.5. The van der Waals surface area contributed by atoms with Crippen LogP contribution in [0, 0.1) is 5.41 Å². The van der Waals surface area contributed by atoms with E-state index >= 15 is 0 Å². The Labute approximate surface area is 182 Å². The highest BCUT2D eigenvalue weighted by Crippen LogP contribution is 2.40. The molecule has 0 saturated carbocycles. The quantitative estimate of drug-likeness (QED) is 0.206. The fraction of sp³-hybridized carbons (Fsp3) is 0.0476. The monoisotopic (exact) mass is 443 g/mol. The molecule has 0 aliphatic carbocycles. The lowest BCUT2D eigenvalue weighted by Crippen LogP contribution is -2.08. The average molecular weight is 444 g/mol. The second-order valence-corrected chi connectivity index (χ2v) is 8.90. The van der Waals surface area contributed by atoms with Crippen LogP contribution in [0.2, 0.25) is 0 Å². The van der Waals surface area contributed by atoms with E-state index < -0.39 is 0 Å². The number of rotatable bonds is 5. The van der Waals surface area contributed by atoms with Gasteiger partial charge in [-0.2, -0.15) is 0 Å². The third-order valence-corrected chi connectivity index (χ3v) is 7.35. The first kappa shape index (κ1) is 20.6. The Hall–Kier alpha value is -2.12. The topological polar surface area (TPSA) is 62.8 Å². The summed E-state index contributed by atoms with van der Waals surface area (Å²) in [6, 6.07) is 20.8. The van der Waals surface area contributed by atoms with Gasteiger partial charge in [-0.1, -0.05) is 54.6 Å². The zero-order valence-electron chi connectivity index (χ0n) is 15.0. The number of nitrogens with two attached hydrogens (primary N) is 1. The first-order valence-corrected chi connectivity index (χ1v) is 11.2. The van der Waals surface area contributed by atoms with Gasteiger partial charge in [0.1, 0.15) is 10.8 Å². The van der Waals surface area contributed by atoms with Crippen LogP contribution in [-0.4, -0.2) is 17.1 Å². The van der Waals surface area contributed by atoms with Gasteiger partial charge in [-0.15, -0.1) is 46.8 Å². The zero-order valence-corrected chi connectivity index (χ0v) is 18.3. The summed E-state index contributed by atoms with van der Waals surface area (Å²) < 4.78 is 1.14. The summed E-state index contributed by atoms with van der Waals surface area (Å²) in [7, 11) is 0. The number of amidine groups is 1. The van der Waals surface area contributed by atoms with Crippen molar-refractivity contribution in [3.05, 3.63) is 70.9 Å². The van der Waals surface area contributed by atoms with Crippen LogP contribution in [0.25, 0.3) is 33.0 Å². The molecule has 0 amide bonds. The van der Waals surface area contributed by atoms with Gasteiger partial charge in [0.15, 0.2) is 0 Å². The summed E-state index contributed by atoms with van der Waals surface area (Å²) >= 11 is 4.84. The minimum absolute atomic E-state index is 0. The molecule has 28 heavy (non-hydrogen) atoms. The largest absolute Gasteiger partial charge is 0.383 e. The molecular weight excluding hydrogens is 426 g/mol. The van der Waals surface area contributed by atoms with Crippen molar-refractivity contribution in [3.8, 4) is 33.0 Å². The molecular formula is C21H18ClN3S3. The maximum atomic E-state index is 7.68.